The average Bonchev–Trinajstić information content (AvgIpc) is 2.93. The first-order valence-corrected chi connectivity index (χ1v) is 13.1. The number of piperazine rings is 1. The SMILES string of the molecule is CCOc1ccc(-c2ncc(N3CCN(C(=O)c4ncccc4C)CC3)nc2-c2ccncc2Cl)c(Cl)c1. The Balaban J connectivity index is 1.45. The Labute approximate surface area is 231 Å². The van der Waals surface area contributed by atoms with E-state index in [0.29, 0.717) is 77.0 Å². The van der Waals surface area contributed by atoms with Gasteiger partial charge in [-0.15, -0.1) is 0 Å². The maximum absolute atomic E-state index is 13.0. The molecule has 0 N–H and O–H groups in total. The second kappa shape index (κ2) is 11.3. The molecule has 1 amide bonds. The van der Waals surface area contributed by atoms with E-state index in [9.17, 15) is 4.79 Å². The van der Waals surface area contributed by atoms with Gasteiger partial charge in [-0.05, 0) is 49.7 Å². The second-order valence-corrected chi connectivity index (χ2v) is 9.62. The summed E-state index contributed by atoms with van der Waals surface area (Å²) in [6, 6.07) is 11.0. The Hall–Kier alpha value is -3.75. The lowest BCUT2D eigenvalue weighted by molar-refractivity contribution is 0.0740. The van der Waals surface area contributed by atoms with Gasteiger partial charge in [-0.2, -0.15) is 0 Å². The fourth-order valence-electron chi connectivity index (χ4n) is 4.43. The molecule has 5 rings (SSSR count). The number of carbonyl (C=O) groups is 1. The third-order valence-electron chi connectivity index (χ3n) is 6.40. The lowest BCUT2D eigenvalue weighted by atomic mass is 10.0. The summed E-state index contributed by atoms with van der Waals surface area (Å²) in [6.07, 6.45) is 6.64. The molecule has 1 aliphatic rings. The normalized spacial score (nSPS) is 13.5. The van der Waals surface area contributed by atoms with Crippen molar-refractivity contribution in [2.75, 3.05) is 37.7 Å². The van der Waals surface area contributed by atoms with Crippen molar-refractivity contribution in [2.24, 2.45) is 0 Å². The van der Waals surface area contributed by atoms with E-state index in [1.54, 1.807) is 30.9 Å². The molecule has 1 saturated heterocycles. The molecule has 1 aromatic carbocycles. The number of hydrogen-bond acceptors (Lipinski definition) is 7. The lowest BCUT2D eigenvalue weighted by Gasteiger charge is -2.35. The molecular weight excluding hydrogens is 523 g/mol. The summed E-state index contributed by atoms with van der Waals surface area (Å²) in [5, 5.41) is 0.963. The molecule has 1 aliphatic heterocycles. The van der Waals surface area contributed by atoms with Crippen LogP contribution < -0.4 is 9.64 Å². The molecule has 194 valence electrons. The van der Waals surface area contributed by atoms with Crippen LogP contribution in [-0.4, -0.2) is 63.5 Å². The Morgan fingerprint density at radius 2 is 1.74 bits per heavy atom. The zero-order chi connectivity index (χ0) is 26.6. The molecule has 0 atom stereocenters. The summed E-state index contributed by atoms with van der Waals surface area (Å²) in [6.45, 7) is 6.68. The Bertz CT molecular complexity index is 1470. The number of aryl methyl sites for hydroxylation is 1. The molecule has 8 nitrogen and oxygen atoms in total. The summed E-state index contributed by atoms with van der Waals surface area (Å²) in [4.78, 5) is 35.1. The molecule has 0 bridgehead atoms. The van der Waals surface area contributed by atoms with Crippen molar-refractivity contribution in [3.05, 3.63) is 82.5 Å². The van der Waals surface area contributed by atoms with Gasteiger partial charge in [0.25, 0.3) is 5.91 Å². The second-order valence-electron chi connectivity index (χ2n) is 8.80. The lowest BCUT2D eigenvalue weighted by Crippen LogP contribution is -2.49. The van der Waals surface area contributed by atoms with Crippen LogP contribution in [0.2, 0.25) is 10.0 Å². The molecule has 0 aliphatic carbocycles. The Morgan fingerprint density at radius 3 is 2.45 bits per heavy atom. The molecule has 0 radical (unpaired) electrons. The van der Waals surface area contributed by atoms with Crippen LogP contribution in [0.15, 0.2) is 61.2 Å². The minimum absolute atomic E-state index is 0.0569. The van der Waals surface area contributed by atoms with Crippen LogP contribution in [0, 0.1) is 6.92 Å². The maximum Gasteiger partial charge on any atom is 0.272 e. The van der Waals surface area contributed by atoms with Crippen LogP contribution in [0.25, 0.3) is 22.5 Å². The summed E-state index contributed by atoms with van der Waals surface area (Å²) in [5.41, 5.74) is 3.99. The molecule has 0 saturated carbocycles. The highest BCUT2D eigenvalue weighted by atomic mass is 35.5. The first-order chi connectivity index (χ1) is 18.5. The highest BCUT2D eigenvalue weighted by molar-refractivity contribution is 6.34. The molecule has 4 aromatic rings. The van der Waals surface area contributed by atoms with Crippen LogP contribution >= 0.6 is 23.2 Å². The van der Waals surface area contributed by atoms with Crippen LogP contribution in [0.5, 0.6) is 5.75 Å². The molecule has 1 fully saturated rings. The number of hydrogen-bond donors (Lipinski definition) is 0. The molecule has 10 heteroatoms. The number of ether oxygens (including phenoxy) is 1. The summed E-state index contributed by atoms with van der Waals surface area (Å²) < 4.78 is 5.58. The van der Waals surface area contributed by atoms with E-state index < -0.39 is 0 Å². The van der Waals surface area contributed by atoms with Gasteiger partial charge in [0.15, 0.2) is 0 Å². The van der Waals surface area contributed by atoms with Gasteiger partial charge in [-0.1, -0.05) is 29.3 Å². The molecule has 0 unspecified atom stereocenters. The van der Waals surface area contributed by atoms with Crippen molar-refractivity contribution >= 4 is 34.9 Å². The van der Waals surface area contributed by atoms with Crippen molar-refractivity contribution in [2.45, 2.75) is 13.8 Å². The first kappa shape index (κ1) is 25.9. The number of halogens is 2. The quantitative estimate of drug-likeness (QED) is 0.311. The van der Waals surface area contributed by atoms with Crippen LogP contribution in [0.3, 0.4) is 0 Å². The number of pyridine rings is 2. The van der Waals surface area contributed by atoms with E-state index in [0.717, 1.165) is 11.1 Å². The van der Waals surface area contributed by atoms with E-state index in [-0.39, 0.29) is 5.91 Å². The monoisotopic (exact) mass is 548 g/mol. The first-order valence-electron chi connectivity index (χ1n) is 12.3. The van der Waals surface area contributed by atoms with E-state index in [1.165, 1.54) is 0 Å². The summed E-state index contributed by atoms with van der Waals surface area (Å²) in [7, 11) is 0. The van der Waals surface area contributed by atoms with Gasteiger partial charge >= 0.3 is 0 Å². The van der Waals surface area contributed by atoms with E-state index >= 15 is 0 Å². The highest BCUT2D eigenvalue weighted by Gasteiger charge is 2.26. The average molecular weight is 549 g/mol. The number of nitrogens with zero attached hydrogens (tertiary/aromatic N) is 6. The summed E-state index contributed by atoms with van der Waals surface area (Å²) >= 11 is 13.2. The molecule has 0 spiro atoms. The molecule has 38 heavy (non-hydrogen) atoms. The van der Waals surface area contributed by atoms with E-state index in [1.807, 2.05) is 49.1 Å². The van der Waals surface area contributed by atoms with Gasteiger partial charge in [0.2, 0.25) is 0 Å². The van der Waals surface area contributed by atoms with Crippen molar-refractivity contribution < 1.29 is 9.53 Å². The molecule has 4 heterocycles. The van der Waals surface area contributed by atoms with Crippen molar-refractivity contribution in [1.82, 2.24) is 24.8 Å². The highest BCUT2D eigenvalue weighted by Crippen LogP contribution is 2.38. The van der Waals surface area contributed by atoms with Crippen molar-refractivity contribution in [1.29, 1.82) is 0 Å². The third kappa shape index (κ3) is 5.28. The number of amides is 1. The Morgan fingerprint density at radius 1 is 0.947 bits per heavy atom. The zero-order valence-electron chi connectivity index (χ0n) is 21.1. The fourth-order valence-corrected chi connectivity index (χ4v) is 4.90. The van der Waals surface area contributed by atoms with E-state index in [2.05, 4.69) is 14.9 Å². The third-order valence-corrected chi connectivity index (χ3v) is 7.01. The van der Waals surface area contributed by atoms with Gasteiger partial charge in [0, 0.05) is 55.9 Å². The van der Waals surface area contributed by atoms with E-state index in [4.69, 9.17) is 37.9 Å². The minimum atomic E-state index is -0.0569. The zero-order valence-corrected chi connectivity index (χ0v) is 22.6. The minimum Gasteiger partial charge on any atom is -0.494 e. The number of rotatable bonds is 6. The number of benzene rings is 1. The number of aromatic nitrogens is 4. The fraction of sp³-hybridized carbons (Fsp3) is 0.250. The van der Waals surface area contributed by atoms with Gasteiger partial charge in [0.05, 0.1) is 28.5 Å². The number of anilines is 1. The van der Waals surface area contributed by atoms with Gasteiger partial charge in [0.1, 0.15) is 23.0 Å². The van der Waals surface area contributed by atoms with Crippen molar-refractivity contribution in [3.8, 4) is 28.3 Å². The van der Waals surface area contributed by atoms with Crippen LogP contribution in [0.4, 0.5) is 5.82 Å². The predicted molar refractivity (Wildman–Crippen MR) is 149 cm³/mol. The summed E-state index contributed by atoms with van der Waals surface area (Å²) in [5.74, 6) is 1.32. The largest absolute Gasteiger partial charge is 0.494 e. The number of carbonyl (C=O) groups excluding carboxylic acids is 1. The standard InChI is InChI=1S/C28H26Cl2N6O2/c1-3-38-19-6-7-20(22(29)15-19)26-27(21-8-10-31-16-23(21)30)34-24(17-33-26)35-11-13-36(14-12-35)28(37)25-18(2)5-4-9-32-25/h4-10,15-17H,3,11-14H2,1-2H3. The van der Waals surface area contributed by atoms with Crippen LogP contribution in [-0.2, 0) is 0 Å². The van der Waals surface area contributed by atoms with Crippen molar-refractivity contribution in [3.63, 3.8) is 0 Å². The smallest absolute Gasteiger partial charge is 0.272 e. The van der Waals surface area contributed by atoms with Gasteiger partial charge in [-0.3, -0.25) is 19.7 Å². The molecular formula is C28H26Cl2N6O2. The van der Waals surface area contributed by atoms with Gasteiger partial charge in [-0.25, -0.2) is 4.98 Å². The van der Waals surface area contributed by atoms with Crippen LogP contribution in [0.1, 0.15) is 23.0 Å². The predicted octanol–water partition coefficient (Wildman–Crippen LogP) is 5.58. The topological polar surface area (TPSA) is 84.3 Å². The maximum atomic E-state index is 13.0. The Kier molecular flexibility index (Phi) is 7.72. The van der Waals surface area contributed by atoms with Gasteiger partial charge < -0.3 is 14.5 Å². The molecule has 3 aromatic heterocycles.